The first-order valence-corrected chi connectivity index (χ1v) is 8.23. The van der Waals surface area contributed by atoms with Gasteiger partial charge < -0.3 is 4.74 Å². The highest BCUT2D eigenvalue weighted by molar-refractivity contribution is 8.00. The Morgan fingerprint density at radius 1 is 1.40 bits per heavy atom. The number of nitrogens with zero attached hydrogens (tertiary/aromatic N) is 1. The number of fused-ring (bicyclic) bond motifs is 1. The highest BCUT2D eigenvalue weighted by atomic mass is 32.2. The van der Waals surface area contributed by atoms with Crippen molar-refractivity contribution in [2.75, 3.05) is 26.2 Å². The first-order chi connectivity index (χ1) is 9.72. The van der Waals surface area contributed by atoms with E-state index in [1.165, 1.54) is 10.5 Å². The summed E-state index contributed by atoms with van der Waals surface area (Å²) in [6.45, 7) is 6.77. The second-order valence-corrected chi connectivity index (χ2v) is 6.43. The van der Waals surface area contributed by atoms with E-state index in [9.17, 15) is 4.79 Å². The summed E-state index contributed by atoms with van der Waals surface area (Å²) in [6, 6.07) is 8.59. The third-order valence-corrected chi connectivity index (χ3v) is 4.67. The van der Waals surface area contributed by atoms with Crippen molar-refractivity contribution in [1.82, 2.24) is 4.90 Å². The average molecular weight is 293 g/mol. The van der Waals surface area contributed by atoms with Crippen LogP contribution in [0, 0.1) is 0 Å². The molecule has 0 bridgehead atoms. The number of rotatable bonds is 7. The number of hydrogen-bond donors (Lipinski definition) is 0. The number of carbonyl (C=O) groups excluding carboxylic acids is 1. The molecule has 20 heavy (non-hydrogen) atoms. The van der Waals surface area contributed by atoms with Crippen molar-refractivity contribution in [3.05, 3.63) is 29.8 Å². The molecular weight excluding hydrogens is 270 g/mol. The summed E-state index contributed by atoms with van der Waals surface area (Å²) in [6.07, 6.45) is 2.16. The molecule has 0 aliphatic carbocycles. The molecule has 1 aliphatic rings. The maximum atomic E-state index is 11.6. The van der Waals surface area contributed by atoms with Crippen LogP contribution in [0.1, 0.15) is 25.8 Å². The fourth-order valence-electron chi connectivity index (χ4n) is 2.58. The minimum absolute atomic E-state index is 0.110. The first kappa shape index (κ1) is 15.4. The molecule has 1 heterocycles. The Balaban J connectivity index is 1.88. The number of hydrogen-bond acceptors (Lipinski definition) is 4. The van der Waals surface area contributed by atoms with Crippen LogP contribution in [0.2, 0.25) is 0 Å². The number of esters is 1. The smallest absolute Gasteiger partial charge is 0.320 e. The van der Waals surface area contributed by atoms with E-state index in [1.807, 2.05) is 18.7 Å². The van der Waals surface area contributed by atoms with E-state index in [2.05, 4.69) is 36.1 Å². The van der Waals surface area contributed by atoms with Crippen molar-refractivity contribution < 1.29 is 9.53 Å². The number of benzene rings is 1. The van der Waals surface area contributed by atoms with Crippen molar-refractivity contribution in [1.29, 1.82) is 0 Å². The molecule has 0 aromatic heterocycles. The van der Waals surface area contributed by atoms with Crippen molar-refractivity contribution >= 4 is 17.7 Å². The van der Waals surface area contributed by atoms with Gasteiger partial charge >= 0.3 is 5.97 Å². The molecule has 0 fully saturated rings. The number of ether oxygens (including phenoxy) is 1. The van der Waals surface area contributed by atoms with Crippen molar-refractivity contribution in [2.45, 2.75) is 36.8 Å². The summed E-state index contributed by atoms with van der Waals surface area (Å²) >= 11 is 1.94. The summed E-state index contributed by atoms with van der Waals surface area (Å²) in [7, 11) is 0. The molecule has 0 saturated carbocycles. The molecule has 1 atom stereocenters. The van der Waals surface area contributed by atoms with E-state index in [-0.39, 0.29) is 5.97 Å². The zero-order chi connectivity index (χ0) is 14.4. The zero-order valence-electron chi connectivity index (χ0n) is 12.3. The summed E-state index contributed by atoms with van der Waals surface area (Å²) in [5, 5.41) is 0.549. The molecular formula is C16H23NO2S. The van der Waals surface area contributed by atoms with E-state index in [0.29, 0.717) is 18.4 Å². The van der Waals surface area contributed by atoms with Gasteiger partial charge in [-0.3, -0.25) is 9.69 Å². The molecule has 1 aliphatic heterocycles. The monoisotopic (exact) mass is 293 g/mol. The number of thioether (sulfide) groups is 1. The zero-order valence-corrected chi connectivity index (χ0v) is 13.1. The molecule has 2 rings (SSSR count). The standard InChI is InChI=1S/C16H23NO2S/c1-3-9-17(12-16(18)19-4-2)11-14-10-13-7-5-6-8-15(13)20-14/h5-8,14H,3-4,9-12H2,1-2H3. The normalized spacial score (nSPS) is 17.2. The summed E-state index contributed by atoms with van der Waals surface area (Å²) in [5.74, 6) is -0.110. The van der Waals surface area contributed by atoms with Crippen LogP contribution in [0.25, 0.3) is 0 Å². The average Bonchev–Trinajstić information content (AvgIpc) is 2.81. The Morgan fingerprint density at radius 2 is 2.20 bits per heavy atom. The van der Waals surface area contributed by atoms with Gasteiger partial charge in [0, 0.05) is 16.7 Å². The Bertz CT molecular complexity index is 425. The van der Waals surface area contributed by atoms with Gasteiger partial charge in [-0.1, -0.05) is 25.1 Å². The largest absolute Gasteiger partial charge is 0.465 e. The van der Waals surface area contributed by atoms with Gasteiger partial charge in [-0.2, -0.15) is 0 Å². The van der Waals surface area contributed by atoms with E-state index >= 15 is 0 Å². The van der Waals surface area contributed by atoms with Gasteiger partial charge in [0.05, 0.1) is 13.2 Å². The van der Waals surface area contributed by atoms with Crippen LogP contribution in [0.5, 0.6) is 0 Å². The lowest BCUT2D eigenvalue weighted by Crippen LogP contribution is -2.36. The van der Waals surface area contributed by atoms with Crippen molar-refractivity contribution in [2.24, 2.45) is 0 Å². The Hall–Kier alpha value is -1.00. The van der Waals surface area contributed by atoms with Crippen LogP contribution in [0.3, 0.4) is 0 Å². The van der Waals surface area contributed by atoms with Gasteiger partial charge in [-0.05, 0) is 37.9 Å². The predicted octanol–water partition coefficient (Wildman–Crippen LogP) is 2.98. The van der Waals surface area contributed by atoms with Gasteiger partial charge in [0.1, 0.15) is 0 Å². The molecule has 0 spiro atoms. The molecule has 110 valence electrons. The summed E-state index contributed by atoms with van der Waals surface area (Å²) in [4.78, 5) is 15.3. The second-order valence-electron chi connectivity index (χ2n) is 5.09. The van der Waals surface area contributed by atoms with Crippen LogP contribution in [-0.2, 0) is 16.0 Å². The van der Waals surface area contributed by atoms with Crippen LogP contribution >= 0.6 is 11.8 Å². The van der Waals surface area contributed by atoms with Crippen LogP contribution < -0.4 is 0 Å². The fraction of sp³-hybridized carbons (Fsp3) is 0.562. The molecule has 3 nitrogen and oxygen atoms in total. The van der Waals surface area contributed by atoms with Crippen molar-refractivity contribution in [3.63, 3.8) is 0 Å². The Morgan fingerprint density at radius 3 is 2.90 bits per heavy atom. The van der Waals surface area contributed by atoms with Gasteiger partial charge in [0.2, 0.25) is 0 Å². The molecule has 1 aromatic rings. The SMILES string of the molecule is CCCN(CC(=O)OCC)CC1Cc2ccccc2S1. The quantitative estimate of drug-likeness (QED) is 0.723. The fourth-order valence-corrected chi connectivity index (χ4v) is 3.95. The lowest BCUT2D eigenvalue weighted by atomic mass is 10.1. The van der Waals surface area contributed by atoms with Crippen LogP contribution in [0.4, 0.5) is 0 Å². The van der Waals surface area contributed by atoms with E-state index in [0.717, 1.165) is 25.9 Å². The minimum atomic E-state index is -0.110. The maximum absolute atomic E-state index is 11.6. The van der Waals surface area contributed by atoms with Crippen molar-refractivity contribution in [3.8, 4) is 0 Å². The second kappa shape index (κ2) is 7.70. The van der Waals surface area contributed by atoms with Gasteiger partial charge in [0.25, 0.3) is 0 Å². The van der Waals surface area contributed by atoms with Crippen LogP contribution in [-0.4, -0.2) is 42.4 Å². The lowest BCUT2D eigenvalue weighted by Gasteiger charge is -2.23. The molecule has 1 aromatic carbocycles. The third kappa shape index (κ3) is 4.25. The predicted molar refractivity (Wildman–Crippen MR) is 83.2 cm³/mol. The molecule has 0 radical (unpaired) electrons. The molecule has 1 unspecified atom stereocenters. The van der Waals surface area contributed by atoms with Gasteiger partial charge in [0.15, 0.2) is 0 Å². The first-order valence-electron chi connectivity index (χ1n) is 7.35. The highest BCUT2D eigenvalue weighted by Gasteiger charge is 2.24. The molecule has 0 amide bonds. The summed E-state index contributed by atoms with van der Waals surface area (Å²) < 4.78 is 5.06. The van der Waals surface area contributed by atoms with Gasteiger partial charge in [-0.25, -0.2) is 0 Å². The molecule has 4 heteroatoms. The lowest BCUT2D eigenvalue weighted by molar-refractivity contribution is -0.144. The topological polar surface area (TPSA) is 29.5 Å². The summed E-state index contributed by atoms with van der Waals surface area (Å²) in [5.41, 5.74) is 1.44. The van der Waals surface area contributed by atoms with Crippen LogP contribution in [0.15, 0.2) is 29.2 Å². The maximum Gasteiger partial charge on any atom is 0.320 e. The third-order valence-electron chi connectivity index (χ3n) is 3.37. The van der Waals surface area contributed by atoms with E-state index in [1.54, 1.807) is 0 Å². The number of carbonyl (C=O) groups is 1. The Labute approximate surface area is 125 Å². The van der Waals surface area contributed by atoms with Gasteiger partial charge in [-0.15, -0.1) is 11.8 Å². The molecule has 0 saturated heterocycles. The van der Waals surface area contributed by atoms with E-state index < -0.39 is 0 Å². The Kier molecular flexibility index (Phi) is 5.92. The van der Waals surface area contributed by atoms with E-state index in [4.69, 9.17) is 4.74 Å². The highest BCUT2D eigenvalue weighted by Crippen LogP contribution is 2.36. The molecule has 0 N–H and O–H groups in total. The minimum Gasteiger partial charge on any atom is -0.465 e.